The SMILES string of the molecule is Clc1ccc(-c2nc(-c3ccc(Cl)cc3)nc(-c3cc(Cl)ccn3)n2)cc1. The maximum Gasteiger partial charge on any atom is 0.182 e. The minimum absolute atomic E-state index is 0.433. The average Bonchev–Trinajstić information content (AvgIpc) is 2.69. The quantitative estimate of drug-likeness (QED) is 0.399. The third-order valence-corrected chi connectivity index (χ3v) is 4.53. The fourth-order valence-electron chi connectivity index (χ4n) is 2.47. The van der Waals surface area contributed by atoms with Crippen LogP contribution < -0.4 is 0 Å². The van der Waals surface area contributed by atoms with E-state index in [0.29, 0.717) is 38.2 Å². The minimum atomic E-state index is 0.433. The summed E-state index contributed by atoms with van der Waals surface area (Å²) >= 11 is 18.1. The molecule has 0 atom stereocenters. The van der Waals surface area contributed by atoms with Crippen LogP contribution in [-0.2, 0) is 0 Å². The molecule has 2 aromatic carbocycles. The molecule has 0 aliphatic rings. The Bertz CT molecular complexity index is 1030. The van der Waals surface area contributed by atoms with Crippen molar-refractivity contribution < 1.29 is 0 Å². The first-order chi connectivity index (χ1) is 13.1. The van der Waals surface area contributed by atoms with Crippen LogP contribution in [0.25, 0.3) is 34.3 Å². The van der Waals surface area contributed by atoms with E-state index in [1.165, 1.54) is 0 Å². The average molecular weight is 414 g/mol. The Kier molecular flexibility index (Phi) is 5.03. The Labute approximate surface area is 170 Å². The van der Waals surface area contributed by atoms with E-state index in [1.54, 1.807) is 42.6 Å². The smallest absolute Gasteiger partial charge is 0.182 e. The van der Waals surface area contributed by atoms with Crippen molar-refractivity contribution in [1.82, 2.24) is 19.9 Å². The molecule has 2 heterocycles. The molecule has 0 spiro atoms. The summed E-state index contributed by atoms with van der Waals surface area (Å²) in [4.78, 5) is 18.1. The summed E-state index contributed by atoms with van der Waals surface area (Å²) in [7, 11) is 0. The maximum atomic E-state index is 6.10. The molecule has 0 N–H and O–H groups in total. The maximum absolute atomic E-state index is 6.10. The van der Waals surface area contributed by atoms with E-state index in [2.05, 4.69) is 19.9 Å². The molecular formula is C20H11Cl3N4. The second kappa shape index (κ2) is 7.61. The van der Waals surface area contributed by atoms with Gasteiger partial charge in [0, 0.05) is 32.4 Å². The van der Waals surface area contributed by atoms with Crippen LogP contribution in [0.2, 0.25) is 15.1 Å². The second-order valence-electron chi connectivity index (χ2n) is 5.68. The molecule has 0 amide bonds. The van der Waals surface area contributed by atoms with E-state index < -0.39 is 0 Å². The van der Waals surface area contributed by atoms with E-state index in [-0.39, 0.29) is 0 Å². The fourth-order valence-corrected chi connectivity index (χ4v) is 2.89. The standard InChI is InChI=1S/C20H11Cl3N4/c21-14-5-1-12(2-6-14)18-25-19(13-3-7-15(22)8-4-13)27-20(26-18)17-11-16(23)9-10-24-17/h1-11H. The van der Waals surface area contributed by atoms with Crippen LogP contribution in [0, 0.1) is 0 Å². The van der Waals surface area contributed by atoms with Gasteiger partial charge < -0.3 is 0 Å². The lowest BCUT2D eigenvalue weighted by molar-refractivity contribution is 1.06. The third kappa shape index (κ3) is 4.08. The fraction of sp³-hybridized carbons (Fsp3) is 0. The molecule has 4 nitrogen and oxygen atoms in total. The largest absolute Gasteiger partial charge is 0.253 e. The van der Waals surface area contributed by atoms with Gasteiger partial charge in [-0.1, -0.05) is 34.8 Å². The van der Waals surface area contributed by atoms with Gasteiger partial charge in [0.1, 0.15) is 5.69 Å². The Hall–Kier alpha value is -2.53. The van der Waals surface area contributed by atoms with Gasteiger partial charge >= 0.3 is 0 Å². The van der Waals surface area contributed by atoms with Crippen molar-refractivity contribution >= 4 is 34.8 Å². The van der Waals surface area contributed by atoms with Gasteiger partial charge in [-0.15, -0.1) is 0 Å². The van der Waals surface area contributed by atoms with Crippen molar-refractivity contribution in [2.24, 2.45) is 0 Å². The Morgan fingerprint density at radius 3 is 1.48 bits per heavy atom. The zero-order valence-corrected chi connectivity index (χ0v) is 16.0. The molecule has 0 aliphatic heterocycles. The summed E-state index contributed by atoms with van der Waals surface area (Å²) in [6, 6.07) is 18.0. The molecule has 0 aliphatic carbocycles. The number of aromatic nitrogens is 4. The summed E-state index contributed by atoms with van der Waals surface area (Å²) in [5.41, 5.74) is 2.20. The minimum Gasteiger partial charge on any atom is -0.253 e. The van der Waals surface area contributed by atoms with Crippen LogP contribution in [0.3, 0.4) is 0 Å². The molecular weight excluding hydrogens is 403 g/mol. The molecule has 0 saturated heterocycles. The molecule has 2 aromatic heterocycles. The van der Waals surface area contributed by atoms with Gasteiger partial charge in [-0.3, -0.25) is 4.98 Å². The van der Waals surface area contributed by atoms with E-state index >= 15 is 0 Å². The highest BCUT2D eigenvalue weighted by Crippen LogP contribution is 2.26. The molecule has 0 radical (unpaired) electrons. The number of benzene rings is 2. The molecule has 7 heteroatoms. The lowest BCUT2D eigenvalue weighted by atomic mass is 10.2. The first kappa shape index (κ1) is 17.9. The van der Waals surface area contributed by atoms with Gasteiger partial charge in [0.15, 0.2) is 17.5 Å². The predicted octanol–water partition coefficient (Wildman–Crippen LogP) is 6.23. The Balaban J connectivity index is 1.90. The molecule has 27 heavy (non-hydrogen) atoms. The predicted molar refractivity (Wildman–Crippen MR) is 109 cm³/mol. The van der Waals surface area contributed by atoms with Gasteiger partial charge in [0.2, 0.25) is 0 Å². The van der Waals surface area contributed by atoms with Gasteiger partial charge in [-0.2, -0.15) is 0 Å². The highest BCUT2D eigenvalue weighted by Gasteiger charge is 2.13. The zero-order valence-electron chi connectivity index (χ0n) is 13.8. The molecule has 0 unspecified atom stereocenters. The normalized spacial score (nSPS) is 10.8. The van der Waals surface area contributed by atoms with Crippen LogP contribution >= 0.6 is 34.8 Å². The molecule has 4 rings (SSSR count). The van der Waals surface area contributed by atoms with E-state index in [0.717, 1.165) is 11.1 Å². The number of pyridine rings is 1. The lowest BCUT2D eigenvalue weighted by Gasteiger charge is -2.08. The monoisotopic (exact) mass is 412 g/mol. The van der Waals surface area contributed by atoms with Gasteiger partial charge in [-0.25, -0.2) is 15.0 Å². The van der Waals surface area contributed by atoms with E-state index in [9.17, 15) is 0 Å². The Morgan fingerprint density at radius 1 is 0.519 bits per heavy atom. The molecule has 132 valence electrons. The van der Waals surface area contributed by atoms with E-state index in [4.69, 9.17) is 34.8 Å². The lowest BCUT2D eigenvalue weighted by Crippen LogP contribution is -2.01. The van der Waals surface area contributed by atoms with Crippen molar-refractivity contribution in [3.63, 3.8) is 0 Å². The van der Waals surface area contributed by atoms with Gasteiger partial charge in [-0.05, 0) is 60.7 Å². The van der Waals surface area contributed by atoms with Crippen molar-refractivity contribution in [3.8, 4) is 34.3 Å². The van der Waals surface area contributed by atoms with Crippen LogP contribution in [0.5, 0.6) is 0 Å². The van der Waals surface area contributed by atoms with E-state index in [1.807, 2.05) is 24.3 Å². The Morgan fingerprint density at radius 2 is 1.00 bits per heavy atom. The highest BCUT2D eigenvalue weighted by atomic mass is 35.5. The van der Waals surface area contributed by atoms with Crippen molar-refractivity contribution in [2.45, 2.75) is 0 Å². The summed E-state index contributed by atoms with van der Waals surface area (Å²) in [6.45, 7) is 0. The summed E-state index contributed by atoms with van der Waals surface area (Å²) in [5.74, 6) is 1.47. The van der Waals surface area contributed by atoms with Crippen LogP contribution in [-0.4, -0.2) is 19.9 Å². The van der Waals surface area contributed by atoms with Crippen LogP contribution in [0.15, 0.2) is 66.9 Å². The van der Waals surface area contributed by atoms with Gasteiger partial charge in [0.25, 0.3) is 0 Å². The topological polar surface area (TPSA) is 51.6 Å². The number of hydrogen-bond acceptors (Lipinski definition) is 4. The van der Waals surface area contributed by atoms with Crippen molar-refractivity contribution in [1.29, 1.82) is 0 Å². The molecule has 0 fully saturated rings. The summed E-state index contributed by atoms with van der Waals surface area (Å²) in [6.07, 6.45) is 1.62. The molecule has 0 saturated carbocycles. The number of hydrogen-bond donors (Lipinski definition) is 0. The van der Waals surface area contributed by atoms with Gasteiger partial charge in [0.05, 0.1) is 0 Å². The van der Waals surface area contributed by atoms with Crippen molar-refractivity contribution in [2.75, 3.05) is 0 Å². The first-order valence-corrected chi connectivity index (χ1v) is 9.12. The number of halogens is 3. The van der Waals surface area contributed by atoms with Crippen LogP contribution in [0.1, 0.15) is 0 Å². The number of rotatable bonds is 3. The summed E-state index contributed by atoms with van der Waals surface area (Å²) in [5, 5.41) is 1.84. The molecule has 4 aromatic rings. The first-order valence-electron chi connectivity index (χ1n) is 7.98. The number of nitrogens with zero attached hydrogens (tertiary/aromatic N) is 4. The zero-order chi connectivity index (χ0) is 18.8. The van der Waals surface area contributed by atoms with Crippen molar-refractivity contribution in [3.05, 3.63) is 81.9 Å². The molecule has 0 bridgehead atoms. The van der Waals surface area contributed by atoms with Crippen LogP contribution in [0.4, 0.5) is 0 Å². The summed E-state index contributed by atoms with van der Waals surface area (Å²) < 4.78 is 0. The third-order valence-electron chi connectivity index (χ3n) is 3.79. The highest BCUT2D eigenvalue weighted by molar-refractivity contribution is 6.31. The second-order valence-corrected chi connectivity index (χ2v) is 6.99.